The predicted molar refractivity (Wildman–Crippen MR) is 145 cm³/mol. The molecule has 3 amide bonds. The van der Waals surface area contributed by atoms with E-state index in [4.69, 9.17) is 9.47 Å². The Balaban J connectivity index is 1.50. The van der Waals surface area contributed by atoms with Gasteiger partial charge in [-0.15, -0.1) is 0 Å². The second-order valence-corrected chi connectivity index (χ2v) is 11.2. The van der Waals surface area contributed by atoms with Crippen molar-refractivity contribution in [2.45, 2.75) is 30.8 Å². The number of amides is 3. The van der Waals surface area contributed by atoms with Crippen LogP contribution in [0.1, 0.15) is 29.3 Å². The third-order valence-electron chi connectivity index (χ3n) is 6.57. The topological polar surface area (TPSA) is 149 Å². The Morgan fingerprint density at radius 1 is 1.00 bits per heavy atom. The minimum absolute atomic E-state index is 0.0286. The summed E-state index contributed by atoms with van der Waals surface area (Å²) in [7, 11) is -3.10. The zero-order chi connectivity index (χ0) is 29.3. The average Bonchev–Trinajstić information content (AvgIpc) is 3.54. The minimum atomic E-state index is -4.34. The third-order valence-corrected chi connectivity index (χ3v) is 8.44. The molecule has 2 heterocycles. The number of carbonyl (C=O) groups is 4. The molecule has 0 saturated carbocycles. The van der Waals surface area contributed by atoms with Gasteiger partial charge in [0.05, 0.1) is 29.7 Å². The van der Waals surface area contributed by atoms with Crippen LogP contribution in [0.15, 0.2) is 71.6 Å². The van der Waals surface area contributed by atoms with Crippen molar-refractivity contribution < 1.29 is 41.8 Å². The molecule has 1 saturated heterocycles. The number of benzene rings is 3. The van der Waals surface area contributed by atoms with E-state index in [0.717, 1.165) is 9.21 Å². The number of imide groups is 1. The molecule has 0 aliphatic carbocycles. The first-order valence-electron chi connectivity index (χ1n) is 12.4. The number of rotatable bonds is 8. The monoisotopic (exact) mass is 579 g/mol. The number of hydrogen-bond acceptors (Lipinski definition) is 9. The number of nitrogens with one attached hydrogen (secondary N) is 1. The summed E-state index contributed by atoms with van der Waals surface area (Å²) in [5, 5.41) is 2.58. The predicted octanol–water partition coefficient (Wildman–Crippen LogP) is 2.68. The van der Waals surface area contributed by atoms with E-state index >= 15 is 0 Å². The fourth-order valence-electron chi connectivity index (χ4n) is 4.61. The van der Waals surface area contributed by atoms with Crippen molar-refractivity contribution in [2.75, 3.05) is 24.1 Å². The van der Waals surface area contributed by atoms with Crippen LogP contribution in [0.25, 0.3) is 0 Å². The van der Waals surface area contributed by atoms with Crippen LogP contribution in [-0.2, 0) is 35.7 Å². The van der Waals surface area contributed by atoms with Gasteiger partial charge in [-0.2, -0.15) is 4.31 Å². The maximum absolute atomic E-state index is 14.0. The quantitative estimate of drug-likeness (QED) is 0.314. The van der Waals surface area contributed by atoms with E-state index in [1.54, 1.807) is 18.2 Å². The van der Waals surface area contributed by atoms with Gasteiger partial charge < -0.3 is 19.5 Å². The van der Waals surface area contributed by atoms with Gasteiger partial charge in [-0.05, 0) is 66.2 Å². The van der Waals surface area contributed by atoms with Crippen LogP contribution in [0.3, 0.4) is 0 Å². The van der Waals surface area contributed by atoms with E-state index in [1.165, 1.54) is 62.6 Å². The number of anilines is 2. The molecule has 2 aliphatic heterocycles. The minimum Gasteiger partial charge on any atom is -0.465 e. The summed E-state index contributed by atoms with van der Waals surface area (Å²) < 4.78 is 44.4. The van der Waals surface area contributed by atoms with Crippen molar-refractivity contribution in [1.29, 1.82) is 0 Å². The molecule has 0 radical (unpaired) electrons. The molecule has 2 aliphatic rings. The number of carbonyl (C=O) groups excluding carboxylic acids is 4. The summed E-state index contributed by atoms with van der Waals surface area (Å²) in [5.41, 5.74) is 1.32. The van der Waals surface area contributed by atoms with Gasteiger partial charge in [0, 0.05) is 19.2 Å². The van der Waals surface area contributed by atoms with Crippen molar-refractivity contribution in [2.24, 2.45) is 0 Å². The van der Waals surface area contributed by atoms with Crippen molar-refractivity contribution in [3.8, 4) is 11.5 Å². The first kappa shape index (κ1) is 27.8. The second-order valence-electron chi connectivity index (χ2n) is 9.27. The molecule has 0 aromatic heterocycles. The summed E-state index contributed by atoms with van der Waals surface area (Å²) in [6.07, 6.45) is -0.397. The lowest BCUT2D eigenvalue weighted by atomic mass is 10.1. The molecule has 3 aromatic carbocycles. The van der Waals surface area contributed by atoms with Crippen molar-refractivity contribution in [1.82, 2.24) is 4.31 Å². The molecule has 212 valence electrons. The van der Waals surface area contributed by atoms with Gasteiger partial charge >= 0.3 is 5.97 Å². The van der Waals surface area contributed by atoms with Gasteiger partial charge in [0.15, 0.2) is 11.5 Å². The summed E-state index contributed by atoms with van der Waals surface area (Å²) in [5.74, 6) is -1.30. The van der Waals surface area contributed by atoms with Crippen LogP contribution in [-0.4, -0.2) is 56.4 Å². The standard InChI is InChI=1S/C28H25N3O9S/c1-17(32)29-20-6-10-22(11-7-20)41(36,37)30(15-18-3-12-24-25(13-18)40-16-39-24)23-14-26(33)31(27(23)34)21-8-4-19(5-9-21)28(35)38-2/h3-13,23H,14-16H2,1-2H3,(H,29,32). The van der Waals surface area contributed by atoms with Crippen molar-refractivity contribution >= 4 is 45.1 Å². The molecule has 3 aromatic rings. The van der Waals surface area contributed by atoms with Gasteiger partial charge in [0.25, 0.3) is 5.91 Å². The fourth-order valence-corrected chi connectivity index (χ4v) is 6.18. The Kier molecular flexibility index (Phi) is 7.47. The first-order valence-corrected chi connectivity index (χ1v) is 13.9. The molecule has 1 atom stereocenters. The largest absolute Gasteiger partial charge is 0.465 e. The summed E-state index contributed by atoms with van der Waals surface area (Å²) in [4.78, 5) is 50.8. The van der Waals surface area contributed by atoms with Gasteiger partial charge in [-0.3, -0.25) is 14.4 Å². The lowest BCUT2D eigenvalue weighted by Crippen LogP contribution is -2.45. The maximum atomic E-state index is 14.0. The molecular formula is C28H25N3O9S. The maximum Gasteiger partial charge on any atom is 0.337 e. The average molecular weight is 580 g/mol. The summed E-state index contributed by atoms with van der Waals surface area (Å²) >= 11 is 0. The second kappa shape index (κ2) is 11.0. The zero-order valence-corrected chi connectivity index (χ0v) is 22.8. The number of sulfonamides is 1. The molecule has 0 bridgehead atoms. The molecule has 13 heteroatoms. The molecule has 1 fully saturated rings. The van der Waals surface area contributed by atoms with E-state index in [0.29, 0.717) is 22.7 Å². The number of hydrogen-bond donors (Lipinski definition) is 1. The first-order chi connectivity index (χ1) is 19.6. The Hall–Kier alpha value is -4.75. The number of nitrogens with zero attached hydrogens (tertiary/aromatic N) is 2. The van der Waals surface area contributed by atoms with Crippen LogP contribution in [0.5, 0.6) is 11.5 Å². The smallest absolute Gasteiger partial charge is 0.337 e. The SMILES string of the molecule is COC(=O)c1ccc(N2C(=O)CC(N(Cc3ccc4c(c3)OCO4)S(=O)(=O)c3ccc(NC(C)=O)cc3)C2=O)cc1. The summed E-state index contributed by atoms with van der Waals surface area (Å²) in [6, 6.07) is 14.7. The number of ether oxygens (including phenoxy) is 3. The molecule has 5 rings (SSSR count). The third kappa shape index (κ3) is 5.49. The fraction of sp³-hybridized carbons (Fsp3) is 0.214. The van der Waals surface area contributed by atoms with Crippen LogP contribution >= 0.6 is 0 Å². The van der Waals surface area contributed by atoms with Crippen LogP contribution < -0.4 is 19.7 Å². The highest BCUT2D eigenvalue weighted by molar-refractivity contribution is 7.89. The number of esters is 1. The lowest BCUT2D eigenvalue weighted by Gasteiger charge is -2.27. The molecule has 41 heavy (non-hydrogen) atoms. The zero-order valence-electron chi connectivity index (χ0n) is 22.0. The van der Waals surface area contributed by atoms with Gasteiger partial charge in [0.2, 0.25) is 28.6 Å². The number of methoxy groups -OCH3 is 1. The highest BCUT2D eigenvalue weighted by Crippen LogP contribution is 2.35. The highest BCUT2D eigenvalue weighted by Gasteiger charge is 2.47. The number of fused-ring (bicyclic) bond motifs is 1. The Morgan fingerprint density at radius 2 is 1.68 bits per heavy atom. The molecule has 0 spiro atoms. The van der Waals surface area contributed by atoms with E-state index in [9.17, 15) is 27.6 Å². The van der Waals surface area contributed by atoms with E-state index in [2.05, 4.69) is 10.1 Å². The molecule has 1 N–H and O–H groups in total. The van der Waals surface area contributed by atoms with Crippen LogP contribution in [0.2, 0.25) is 0 Å². The van der Waals surface area contributed by atoms with Gasteiger partial charge in [-0.25, -0.2) is 18.1 Å². The van der Waals surface area contributed by atoms with Crippen LogP contribution in [0, 0.1) is 0 Å². The summed E-state index contributed by atoms with van der Waals surface area (Å²) in [6.45, 7) is 1.11. The van der Waals surface area contributed by atoms with Crippen molar-refractivity contribution in [3.05, 3.63) is 77.9 Å². The van der Waals surface area contributed by atoms with E-state index in [1.807, 2.05) is 0 Å². The highest BCUT2D eigenvalue weighted by atomic mass is 32.2. The van der Waals surface area contributed by atoms with Gasteiger partial charge in [0.1, 0.15) is 6.04 Å². The van der Waals surface area contributed by atoms with Crippen LogP contribution in [0.4, 0.5) is 11.4 Å². The molecule has 12 nitrogen and oxygen atoms in total. The Morgan fingerprint density at radius 3 is 2.34 bits per heavy atom. The van der Waals surface area contributed by atoms with E-state index < -0.39 is 40.3 Å². The normalized spacial score (nSPS) is 16.3. The Labute approximate surface area is 235 Å². The molecule has 1 unspecified atom stereocenters. The van der Waals surface area contributed by atoms with Gasteiger partial charge in [-0.1, -0.05) is 6.07 Å². The lowest BCUT2D eigenvalue weighted by molar-refractivity contribution is -0.122. The molecular weight excluding hydrogens is 554 g/mol. The van der Waals surface area contributed by atoms with Crippen molar-refractivity contribution in [3.63, 3.8) is 0 Å². The Bertz CT molecular complexity index is 1640. The van der Waals surface area contributed by atoms with E-state index in [-0.39, 0.29) is 35.4 Å².